The number of hydrogen-bond donors (Lipinski definition) is 3. The number of rotatable bonds is 14. The lowest BCUT2D eigenvalue weighted by Gasteiger charge is -2.36. The van der Waals surface area contributed by atoms with E-state index in [2.05, 4.69) is 79.9 Å². The summed E-state index contributed by atoms with van der Waals surface area (Å²) in [4.78, 5) is 75.7. The number of aromatic nitrogens is 2. The van der Waals surface area contributed by atoms with Gasteiger partial charge in [0.2, 0.25) is 17.7 Å². The van der Waals surface area contributed by atoms with Crippen LogP contribution in [0.4, 0.5) is 0 Å². The van der Waals surface area contributed by atoms with Gasteiger partial charge in [-0.1, -0.05) is 70.5 Å². The summed E-state index contributed by atoms with van der Waals surface area (Å²) < 4.78 is 8.17. The Labute approximate surface area is 388 Å². The van der Waals surface area contributed by atoms with E-state index < -0.39 is 41.8 Å². The number of carbonyl (C=O) groups excluding carboxylic acids is 4. The number of hydrazine groups is 1. The Kier molecular flexibility index (Phi) is 15.1. The van der Waals surface area contributed by atoms with Gasteiger partial charge >= 0.3 is 5.97 Å². The van der Waals surface area contributed by atoms with E-state index in [0.29, 0.717) is 38.8 Å². The molecule has 0 saturated carbocycles. The van der Waals surface area contributed by atoms with Gasteiger partial charge in [-0.3, -0.25) is 34.0 Å². The second-order valence-electron chi connectivity index (χ2n) is 19.3. The number of aliphatic carboxylic acids is 1. The SMILES string of the molecule is C=CC(=O)N1CC[C@H](C(=O)N2CCCCC[C@H]2C(=O)N[C@@H](Cc2cccc(-c3ccc4c(c3)c(CC(C)(C)C)c(-c3cccnc3[C@H](C)OC)n4CC)c2)C(=O)N2CCC[C@@H](C(=O)O)N2)C1. The number of carbonyl (C=O) groups is 5. The molecule has 0 aliphatic carbocycles. The molecule has 3 fully saturated rings. The van der Waals surface area contributed by atoms with Crippen molar-refractivity contribution in [3.63, 3.8) is 0 Å². The van der Waals surface area contributed by atoms with Crippen LogP contribution in [0.5, 0.6) is 0 Å². The first kappa shape index (κ1) is 48.1. The summed E-state index contributed by atoms with van der Waals surface area (Å²) in [6.45, 7) is 16.7. The lowest BCUT2D eigenvalue weighted by Crippen LogP contribution is -2.61. The van der Waals surface area contributed by atoms with Gasteiger partial charge in [-0.05, 0) is 110 Å². The Morgan fingerprint density at radius 3 is 2.48 bits per heavy atom. The third kappa shape index (κ3) is 10.5. The van der Waals surface area contributed by atoms with Gasteiger partial charge in [0.05, 0.1) is 23.4 Å². The number of hydrogen-bond acceptors (Lipinski definition) is 8. The number of benzene rings is 2. The lowest BCUT2D eigenvalue weighted by atomic mass is 9.85. The molecule has 14 nitrogen and oxygen atoms in total. The summed E-state index contributed by atoms with van der Waals surface area (Å²) in [5, 5.41) is 15.4. The molecule has 5 heterocycles. The molecule has 2 aromatic heterocycles. The normalized spacial score (nSPS) is 20.2. The van der Waals surface area contributed by atoms with Crippen molar-refractivity contribution in [3.8, 4) is 22.4 Å². The summed E-state index contributed by atoms with van der Waals surface area (Å²) in [5.41, 5.74) is 11.0. The Morgan fingerprint density at radius 2 is 1.76 bits per heavy atom. The first-order chi connectivity index (χ1) is 31.6. The first-order valence-corrected chi connectivity index (χ1v) is 23.7. The maximum absolute atomic E-state index is 14.6. The molecule has 7 rings (SSSR count). The molecule has 3 aliphatic rings. The zero-order chi connectivity index (χ0) is 47.3. The molecular formula is C52H67N7O7. The molecule has 352 valence electrons. The van der Waals surface area contributed by atoms with Crippen LogP contribution in [0, 0.1) is 11.3 Å². The molecule has 0 spiro atoms. The molecule has 4 aromatic rings. The maximum Gasteiger partial charge on any atom is 0.322 e. The Balaban J connectivity index is 1.22. The van der Waals surface area contributed by atoms with Crippen molar-refractivity contribution in [1.29, 1.82) is 0 Å². The zero-order valence-electron chi connectivity index (χ0n) is 39.5. The molecule has 3 N–H and O–H groups in total. The molecule has 2 aromatic carbocycles. The molecule has 4 amide bonds. The van der Waals surface area contributed by atoms with Crippen molar-refractivity contribution >= 4 is 40.5 Å². The Morgan fingerprint density at radius 1 is 0.970 bits per heavy atom. The van der Waals surface area contributed by atoms with Crippen molar-refractivity contribution in [2.24, 2.45) is 11.3 Å². The average molecular weight is 902 g/mol. The highest BCUT2D eigenvalue weighted by atomic mass is 16.5. The summed E-state index contributed by atoms with van der Waals surface area (Å²) in [5.74, 6) is -2.74. The molecule has 3 aliphatic heterocycles. The monoisotopic (exact) mass is 902 g/mol. The van der Waals surface area contributed by atoms with E-state index in [-0.39, 0.29) is 42.8 Å². The van der Waals surface area contributed by atoms with E-state index in [1.54, 1.807) is 16.9 Å². The van der Waals surface area contributed by atoms with E-state index >= 15 is 0 Å². The summed E-state index contributed by atoms with van der Waals surface area (Å²) in [6, 6.07) is 15.9. The number of aryl methyl sites for hydroxylation is 1. The first-order valence-electron chi connectivity index (χ1n) is 23.7. The predicted octanol–water partition coefficient (Wildman–Crippen LogP) is 7.10. The number of nitrogens with one attached hydrogen (secondary N) is 2. The van der Waals surface area contributed by atoms with Crippen LogP contribution in [0.3, 0.4) is 0 Å². The van der Waals surface area contributed by atoms with Crippen LogP contribution in [0.2, 0.25) is 0 Å². The maximum atomic E-state index is 14.6. The molecule has 0 unspecified atom stereocenters. The molecule has 3 saturated heterocycles. The summed E-state index contributed by atoms with van der Waals surface area (Å²) >= 11 is 0. The van der Waals surface area contributed by atoms with Crippen molar-refractivity contribution in [2.45, 2.75) is 123 Å². The molecular weight excluding hydrogens is 835 g/mol. The number of pyridine rings is 1. The van der Waals surface area contributed by atoms with Crippen LogP contribution in [-0.4, -0.2) is 110 Å². The van der Waals surface area contributed by atoms with E-state index in [4.69, 9.17) is 9.72 Å². The zero-order valence-corrected chi connectivity index (χ0v) is 39.5. The molecule has 66 heavy (non-hydrogen) atoms. The Bertz CT molecular complexity index is 2460. The highest BCUT2D eigenvalue weighted by Crippen LogP contribution is 2.41. The summed E-state index contributed by atoms with van der Waals surface area (Å²) in [7, 11) is 1.70. The van der Waals surface area contributed by atoms with Crippen molar-refractivity contribution in [2.75, 3.05) is 33.3 Å². The van der Waals surface area contributed by atoms with Crippen LogP contribution < -0.4 is 10.7 Å². The van der Waals surface area contributed by atoms with E-state index in [0.717, 1.165) is 76.8 Å². The van der Waals surface area contributed by atoms with Gasteiger partial charge in [0, 0.05) is 68.9 Å². The van der Waals surface area contributed by atoms with Crippen LogP contribution in [0.1, 0.15) is 102 Å². The van der Waals surface area contributed by atoms with Crippen molar-refractivity contribution < 1.29 is 33.8 Å². The van der Waals surface area contributed by atoms with Gasteiger partial charge in [0.1, 0.15) is 18.1 Å². The Hall–Kier alpha value is -5.86. The smallest absolute Gasteiger partial charge is 0.322 e. The van der Waals surface area contributed by atoms with Gasteiger partial charge < -0.3 is 29.5 Å². The van der Waals surface area contributed by atoms with Crippen molar-refractivity contribution in [3.05, 3.63) is 90.3 Å². The minimum absolute atomic E-state index is 0.0307. The van der Waals surface area contributed by atoms with Gasteiger partial charge in [-0.15, -0.1) is 0 Å². The minimum Gasteiger partial charge on any atom is -0.480 e. The van der Waals surface area contributed by atoms with Crippen LogP contribution >= 0.6 is 0 Å². The molecule has 14 heteroatoms. The number of likely N-dealkylation sites (tertiary alicyclic amines) is 2. The van der Waals surface area contributed by atoms with Crippen LogP contribution in [-0.2, 0) is 48.1 Å². The number of carboxylic acids is 1. The minimum atomic E-state index is -1.06. The quantitative estimate of drug-likeness (QED) is 0.112. The summed E-state index contributed by atoms with van der Waals surface area (Å²) in [6.07, 6.45) is 7.94. The number of nitrogens with zero attached hydrogens (tertiary/aromatic N) is 5. The number of fused-ring (bicyclic) bond motifs is 1. The third-order valence-corrected chi connectivity index (χ3v) is 13.5. The van der Waals surface area contributed by atoms with Gasteiger partial charge in [0.15, 0.2) is 0 Å². The van der Waals surface area contributed by atoms with Crippen molar-refractivity contribution in [1.82, 2.24) is 35.1 Å². The lowest BCUT2D eigenvalue weighted by molar-refractivity contribution is -0.149. The second kappa shape index (κ2) is 20.8. The number of amides is 4. The van der Waals surface area contributed by atoms with Crippen LogP contribution in [0.25, 0.3) is 33.3 Å². The highest BCUT2D eigenvalue weighted by molar-refractivity contribution is 5.96. The van der Waals surface area contributed by atoms with E-state index in [1.165, 1.54) is 16.6 Å². The predicted molar refractivity (Wildman–Crippen MR) is 255 cm³/mol. The fraction of sp³-hybridized carbons (Fsp3) is 0.500. The van der Waals surface area contributed by atoms with E-state index in [9.17, 15) is 29.1 Å². The van der Waals surface area contributed by atoms with E-state index in [1.807, 2.05) is 37.4 Å². The third-order valence-electron chi connectivity index (χ3n) is 13.5. The molecule has 0 radical (unpaired) electrons. The molecule has 0 bridgehead atoms. The van der Waals surface area contributed by atoms with Gasteiger partial charge in [-0.2, -0.15) is 0 Å². The second-order valence-corrected chi connectivity index (χ2v) is 19.3. The van der Waals surface area contributed by atoms with Crippen LogP contribution in [0.15, 0.2) is 73.4 Å². The number of ether oxygens (including phenoxy) is 1. The van der Waals surface area contributed by atoms with Gasteiger partial charge in [0.25, 0.3) is 5.91 Å². The largest absolute Gasteiger partial charge is 0.480 e. The molecule has 5 atom stereocenters. The number of methoxy groups -OCH3 is 1. The van der Waals surface area contributed by atoms with Gasteiger partial charge in [-0.25, -0.2) is 5.43 Å². The fourth-order valence-corrected chi connectivity index (χ4v) is 10.1. The highest BCUT2D eigenvalue weighted by Gasteiger charge is 2.40. The standard InChI is InChI=1S/C52H67N7O7/c1-8-45(60)56-27-23-37(32-56)49(62)58-25-12-10-11-20-44(58)48(61)54-42(50(63)59-26-15-19-41(55-59)51(64)65)29-34-16-13-17-35(28-34)36-21-22-43-39(30-36)40(31-52(4,5)6)47(57(43)9-2)38-18-14-24-53-46(38)33(3)66-7/h8,13-14,16-18,21-22,24,28,30,33,37,41-42,44,55H,1,9-12,15,19-20,23,25-27,29,31-32H2,2-7H3,(H,54,61)(H,64,65)/t33-,37-,41-,42-,44-/m0/s1. The fourth-order valence-electron chi connectivity index (χ4n) is 10.1. The topological polar surface area (TPSA) is 166 Å². The number of carboxylic acid groups (broad SMARTS) is 1. The average Bonchev–Trinajstić information content (AvgIpc) is 3.83.